The second-order valence-electron chi connectivity index (χ2n) is 5.74. The number of esters is 1. The first-order chi connectivity index (χ1) is 14.4. The van der Waals surface area contributed by atoms with E-state index in [-0.39, 0.29) is 17.6 Å². The number of nitrogens with one attached hydrogen (secondary N) is 2. The molecule has 0 aliphatic rings. The van der Waals surface area contributed by atoms with Gasteiger partial charge >= 0.3 is 5.97 Å². The number of methoxy groups -OCH3 is 1. The number of anilines is 2. The maximum absolute atomic E-state index is 12.2. The summed E-state index contributed by atoms with van der Waals surface area (Å²) in [6, 6.07) is 13.4. The van der Waals surface area contributed by atoms with Crippen LogP contribution in [-0.4, -0.2) is 40.8 Å². The van der Waals surface area contributed by atoms with Crippen LogP contribution in [0.15, 0.2) is 57.3 Å². The maximum atomic E-state index is 12.2. The molecule has 154 valence electrons. The molecule has 0 fully saturated rings. The Morgan fingerprint density at radius 1 is 1.07 bits per heavy atom. The molecule has 2 aromatic carbocycles. The van der Waals surface area contributed by atoms with Gasteiger partial charge in [0.05, 0.1) is 18.4 Å². The summed E-state index contributed by atoms with van der Waals surface area (Å²) in [6.45, 7) is 0. The highest BCUT2D eigenvalue weighted by Gasteiger charge is 2.12. The van der Waals surface area contributed by atoms with Gasteiger partial charge in [0.1, 0.15) is 0 Å². The van der Waals surface area contributed by atoms with Crippen LogP contribution < -0.4 is 10.6 Å². The average molecular weight is 507 g/mol. The van der Waals surface area contributed by atoms with Crippen LogP contribution in [0.5, 0.6) is 0 Å². The van der Waals surface area contributed by atoms with E-state index in [1.54, 1.807) is 42.5 Å². The lowest BCUT2D eigenvalue weighted by atomic mass is 10.2. The first-order valence-electron chi connectivity index (χ1n) is 8.46. The molecule has 2 amide bonds. The Bertz CT molecular complexity index is 1070. The standard InChI is InChI=1S/C19H15BrN4O4S2/c1-28-17(27)11-5-7-14(8-6-11)21-15(25)10-29-19-24-23-18(30-19)22-16(26)12-3-2-4-13(20)9-12/h2-9H,10H2,1H3,(H,21,25)(H,22,23,26). The van der Waals surface area contributed by atoms with Crippen LogP contribution in [0.2, 0.25) is 0 Å². The number of carbonyl (C=O) groups excluding carboxylic acids is 3. The Morgan fingerprint density at radius 2 is 1.83 bits per heavy atom. The molecule has 30 heavy (non-hydrogen) atoms. The third-order valence-corrected chi connectivity index (χ3v) is 6.10. The van der Waals surface area contributed by atoms with E-state index in [1.165, 1.54) is 30.2 Å². The zero-order valence-electron chi connectivity index (χ0n) is 15.5. The van der Waals surface area contributed by atoms with Crippen LogP contribution in [-0.2, 0) is 9.53 Å². The molecule has 0 radical (unpaired) electrons. The van der Waals surface area contributed by atoms with Crippen molar-refractivity contribution >= 4 is 67.6 Å². The van der Waals surface area contributed by atoms with Gasteiger partial charge in [-0.2, -0.15) is 0 Å². The molecule has 0 spiro atoms. The highest BCUT2D eigenvalue weighted by Crippen LogP contribution is 2.26. The molecular weight excluding hydrogens is 492 g/mol. The molecule has 0 unspecified atom stereocenters. The Morgan fingerprint density at radius 3 is 2.53 bits per heavy atom. The van der Waals surface area contributed by atoms with Crippen LogP contribution in [0.4, 0.5) is 10.8 Å². The Balaban J connectivity index is 1.49. The highest BCUT2D eigenvalue weighted by atomic mass is 79.9. The fourth-order valence-corrected chi connectivity index (χ4v) is 4.20. The number of aromatic nitrogens is 2. The van der Waals surface area contributed by atoms with E-state index in [1.807, 2.05) is 6.07 Å². The second-order valence-corrected chi connectivity index (χ2v) is 8.86. The molecule has 0 aliphatic carbocycles. The second kappa shape index (κ2) is 10.3. The fourth-order valence-electron chi connectivity index (χ4n) is 2.25. The van der Waals surface area contributed by atoms with Gasteiger partial charge in [0, 0.05) is 15.7 Å². The molecule has 2 N–H and O–H groups in total. The number of benzene rings is 2. The van der Waals surface area contributed by atoms with Crippen LogP contribution in [0, 0.1) is 0 Å². The van der Waals surface area contributed by atoms with E-state index in [4.69, 9.17) is 0 Å². The smallest absolute Gasteiger partial charge is 0.337 e. The van der Waals surface area contributed by atoms with E-state index < -0.39 is 5.97 Å². The monoisotopic (exact) mass is 506 g/mol. The van der Waals surface area contributed by atoms with E-state index in [0.29, 0.717) is 26.3 Å². The summed E-state index contributed by atoms with van der Waals surface area (Å²) in [5, 5.41) is 13.7. The van der Waals surface area contributed by atoms with E-state index >= 15 is 0 Å². The number of carbonyl (C=O) groups is 3. The number of hydrogen-bond acceptors (Lipinski definition) is 8. The third-order valence-electron chi connectivity index (χ3n) is 3.63. The lowest BCUT2D eigenvalue weighted by Gasteiger charge is -2.05. The minimum absolute atomic E-state index is 0.118. The van der Waals surface area contributed by atoms with Crippen molar-refractivity contribution in [1.82, 2.24) is 10.2 Å². The first-order valence-corrected chi connectivity index (χ1v) is 11.1. The van der Waals surface area contributed by atoms with Crippen molar-refractivity contribution in [3.05, 3.63) is 64.1 Å². The zero-order chi connectivity index (χ0) is 21.5. The predicted octanol–water partition coefficient (Wildman–Crippen LogP) is 4.07. The molecule has 0 saturated heterocycles. The number of amides is 2. The van der Waals surface area contributed by atoms with E-state index in [2.05, 4.69) is 41.5 Å². The van der Waals surface area contributed by atoms with Crippen molar-refractivity contribution in [3.63, 3.8) is 0 Å². The summed E-state index contributed by atoms with van der Waals surface area (Å²) in [4.78, 5) is 35.8. The van der Waals surface area contributed by atoms with Gasteiger partial charge in [-0.15, -0.1) is 10.2 Å². The number of hydrogen-bond donors (Lipinski definition) is 2. The van der Waals surface area contributed by atoms with Crippen LogP contribution in [0.1, 0.15) is 20.7 Å². The van der Waals surface area contributed by atoms with Gasteiger partial charge < -0.3 is 10.1 Å². The van der Waals surface area contributed by atoms with Crippen molar-refractivity contribution in [2.45, 2.75) is 4.34 Å². The lowest BCUT2D eigenvalue weighted by molar-refractivity contribution is -0.113. The molecule has 3 rings (SSSR count). The van der Waals surface area contributed by atoms with Crippen molar-refractivity contribution < 1.29 is 19.1 Å². The molecule has 0 bridgehead atoms. The van der Waals surface area contributed by atoms with Crippen LogP contribution in [0.3, 0.4) is 0 Å². The van der Waals surface area contributed by atoms with Crippen molar-refractivity contribution in [2.75, 3.05) is 23.5 Å². The van der Waals surface area contributed by atoms with Gasteiger partial charge in [0.25, 0.3) is 5.91 Å². The number of nitrogens with zero attached hydrogens (tertiary/aromatic N) is 2. The number of halogens is 1. The van der Waals surface area contributed by atoms with Crippen LogP contribution >= 0.6 is 39.0 Å². The first kappa shape index (κ1) is 21.9. The highest BCUT2D eigenvalue weighted by molar-refractivity contribution is 9.10. The summed E-state index contributed by atoms with van der Waals surface area (Å²) in [6.07, 6.45) is 0. The minimum atomic E-state index is -0.442. The SMILES string of the molecule is COC(=O)c1ccc(NC(=O)CSc2nnc(NC(=O)c3cccc(Br)c3)s2)cc1. The Hall–Kier alpha value is -2.76. The van der Waals surface area contributed by atoms with Gasteiger partial charge in [-0.05, 0) is 42.5 Å². The minimum Gasteiger partial charge on any atom is -0.465 e. The molecule has 0 aliphatic heterocycles. The predicted molar refractivity (Wildman–Crippen MR) is 119 cm³/mol. The molecular formula is C19H15BrN4O4S2. The topological polar surface area (TPSA) is 110 Å². The van der Waals surface area contributed by atoms with Crippen molar-refractivity contribution in [2.24, 2.45) is 0 Å². The molecule has 11 heteroatoms. The summed E-state index contributed by atoms with van der Waals surface area (Å²) >= 11 is 5.71. The number of thioether (sulfide) groups is 1. The summed E-state index contributed by atoms with van der Waals surface area (Å²) in [7, 11) is 1.31. The Kier molecular flexibility index (Phi) is 7.55. The summed E-state index contributed by atoms with van der Waals surface area (Å²) < 4.78 is 5.98. The van der Waals surface area contributed by atoms with Crippen LogP contribution in [0.25, 0.3) is 0 Å². The largest absolute Gasteiger partial charge is 0.465 e. The normalized spacial score (nSPS) is 10.3. The van der Waals surface area contributed by atoms with Crippen molar-refractivity contribution in [3.8, 4) is 0 Å². The summed E-state index contributed by atoms with van der Waals surface area (Å²) in [5.41, 5.74) is 1.45. The van der Waals surface area contributed by atoms with Gasteiger partial charge in [0.2, 0.25) is 11.0 Å². The Labute approximate surface area is 188 Å². The molecule has 8 nitrogen and oxygen atoms in total. The quantitative estimate of drug-likeness (QED) is 0.282. The molecule has 3 aromatic rings. The molecule has 0 saturated carbocycles. The average Bonchev–Trinajstić information content (AvgIpc) is 3.19. The van der Waals surface area contributed by atoms with Crippen molar-refractivity contribution in [1.29, 1.82) is 0 Å². The van der Waals surface area contributed by atoms with E-state index in [0.717, 1.165) is 4.47 Å². The third kappa shape index (κ3) is 6.12. The number of ether oxygens (including phenoxy) is 1. The zero-order valence-corrected chi connectivity index (χ0v) is 18.8. The number of rotatable bonds is 7. The molecule has 1 aromatic heterocycles. The maximum Gasteiger partial charge on any atom is 0.337 e. The van der Waals surface area contributed by atoms with Gasteiger partial charge in [-0.3, -0.25) is 14.9 Å². The van der Waals surface area contributed by atoms with Gasteiger partial charge in [-0.1, -0.05) is 45.1 Å². The van der Waals surface area contributed by atoms with Gasteiger partial charge in [0.15, 0.2) is 4.34 Å². The molecule has 0 atom stereocenters. The van der Waals surface area contributed by atoms with E-state index in [9.17, 15) is 14.4 Å². The lowest BCUT2D eigenvalue weighted by Crippen LogP contribution is -2.14. The van der Waals surface area contributed by atoms with Gasteiger partial charge in [-0.25, -0.2) is 4.79 Å². The fraction of sp³-hybridized carbons (Fsp3) is 0.105. The summed E-state index contributed by atoms with van der Waals surface area (Å²) in [5.74, 6) is -0.854. The molecule has 1 heterocycles.